The molecule has 0 N–H and O–H groups in total. The molecule has 5 nitrogen and oxygen atoms in total. The Balaban J connectivity index is 1.87. The van der Waals surface area contributed by atoms with Gasteiger partial charge in [-0.3, -0.25) is 4.79 Å². The first kappa shape index (κ1) is 12.1. The lowest BCUT2D eigenvalue weighted by Crippen LogP contribution is -2.23. The maximum absolute atomic E-state index is 11.8. The molecule has 6 heteroatoms. The van der Waals surface area contributed by atoms with Gasteiger partial charge in [0.1, 0.15) is 23.5 Å². The molecule has 2 aliphatic rings. The summed E-state index contributed by atoms with van der Waals surface area (Å²) >= 11 is 1.80. The third-order valence-corrected chi connectivity index (χ3v) is 5.37. The van der Waals surface area contributed by atoms with E-state index >= 15 is 0 Å². The maximum Gasteiger partial charge on any atom is 0.243 e. The van der Waals surface area contributed by atoms with E-state index in [1.165, 1.54) is 28.7 Å². The number of hydrogen-bond donors (Lipinski definition) is 0. The molecular weight excluding hydrogens is 272 g/mol. The van der Waals surface area contributed by atoms with E-state index in [0.717, 1.165) is 23.5 Å². The fraction of sp³-hybridized carbons (Fsp3) is 0.500. The Morgan fingerprint density at radius 3 is 2.90 bits per heavy atom. The van der Waals surface area contributed by atoms with Crippen molar-refractivity contribution in [3.05, 3.63) is 16.8 Å². The molecule has 0 aromatic carbocycles. The summed E-state index contributed by atoms with van der Waals surface area (Å²) in [5.74, 6) is 1.09. The number of nitrogens with zero attached hydrogens (tertiary/aromatic N) is 4. The van der Waals surface area contributed by atoms with Crippen LogP contribution < -0.4 is 4.90 Å². The van der Waals surface area contributed by atoms with Crippen LogP contribution in [0.1, 0.15) is 23.3 Å². The number of fused-ring (bicyclic) bond motifs is 3. The van der Waals surface area contributed by atoms with E-state index in [4.69, 9.17) is 0 Å². The predicted molar refractivity (Wildman–Crippen MR) is 79.0 cm³/mol. The minimum absolute atomic E-state index is 0.154. The van der Waals surface area contributed by atoms with Gasteiger partial charge in [-0.05, 0) is 31.2 Å². The van der Waals surface area contributed by atoms with E-state index in [-0.39, 0.29) is 5.91 Å². The van der Waals surface area contributed by atoms with Gasteiger partial charge in [0.25, 0.3) is 0 Å². The van der Waals surface area contributed by atoms with Gasteiger partial charge in [-0.2, -0.15) is 0 Å². The lowest BCUT2D eigenvalue weighted by Gasteiger charge is -2.18. The Hall–Kier alpha value is -1.69. The van der Waals surface area contributed by atoms with Gasteiger partial charge in [-0.15, -0.1) is 11.3 Å². The van der Waals surface area contributed by atoms with Crippen LogP contribution in [-0.2, 0) is 17.6 Å². The molecule has 0 radical (unpaired) electrons. The first-order chi connectivity index (χ1) is 9.74. The van der Waals surface area contributed by atoms with Gasteiger partial charge in [-0.1, -0.05) is 0 Å². The Labute approximate surface area is 121 Å². The molecule has 0 saturated carbocycles. The van der Waals surface area contributed by atoms with Gasteiger partial charge < -0.3 is 9.80 Å². The molecule has 0 unspecified atom stereocenters. The lowest BCUT2D eigenvalue weighted by atomic mass is 9.97. The molecule has 1 fully saturated rings. The van der Waals surface area contributed by atoms with E-state index in [2.05, 4.69) is 14.9 Å². The van der Waals surface area contributed by atoms with Gasteiger partial charge >= 0.3 is 0 Å². The summed E-state index contributed by atoms with van der Waals surface area (Å²) in [5.41, 5.74) is 1.42. The number of carbonyl (C=O) groups is 1. The van der Waals surface area contributed by atoms with Crippen LogP contribution in [0.5, 0.6) is 0 Å². The summed E-state index contributed by atoms with van der Waals surface area (Å²) in [4.78, 5) is 27.0. The highest BCUT2D eigenvalue weighted by Crippen LogP contribution is 2.39. The number of carbonyl (C=O) groups excluding carboxylic acids is 1. The molecule has 3 heterocycles. The van der Waals surface area contributed by atoms with Crippen LogP contribution in [-0.4, -0.2) is 41.0 Å². The Kier molecular flexibility index (Phi) is 2.66. The third-order valence-electron chi connectivity index (χ3n) is 4.17. The molecule has 20 heavy (non-hydrogen) atoms. The SMILES string of the molecule is CN1CN(c2ncnc3sc4c(c23)CCCC4)CC1=O. The number of aromatic nitrogens is 2. The van der Waals surface area contributed by atoms with Crippen molar-refractivity contribution in [3.8, 4) is 0 Å². The Morgan fingerprint density at radius 2 is 2.10 bits per heavy atom. The van der Waals surface area contributed by atoms with Crippen molar-refractivity contribution < 1.29 is 4.79 Å². The van der Waals surface area contributed by atoms with Crippen LogP contribution in [0.4, 0.5) is 5.82 Å². The van der Waals surface area contributed by atoms with Crippen LogP contribution in [0.3, 0.4) is 0 Å². The van der Waals surface area contributed by atoms with Crippen LogP contribution in [0.25, 0.3) is 10.2 Å². The first-order valence-corrected chi connectivity index (χ1v) is 7.80. The second kappa shape index (κ2) is 4.41. The second-order valence-electron chi connectivity index (χ2n) is 5.52. The average Bonchev–Trinajstić information content (AvgIpc) is 2.99. The zero-order chi connectivity index (χ0) is 13.7. The van der Waals surface area contributed by atoms with Crippen molar-refractivity contribution in [3.63, 3.8) is 0 Å². The largest absolute Gasteiger partial charge is 0.329 e. The normalized spacial score (nSPS) is 18.9. The summed E-state index contributed by atoms with van der Waals surface area (Å²) in [6.45, 7) is 1.04. The summed E-state index contributed by atoms with van der Waals surface area (Å²) in [6.07, 6.45) is 6.42. The minimum Gasteiger partial charge on any atom is -0.329 e. The van der Waals surface area contributed by atoms with E-state index in [0.29, 0.717) is 13.2 Å². The number of amides is 1. The maximum atomic E-state index is 11.8. The fourth-order valence-electron chi connectivity index (χ4n) is 3.12. The molecule has 1 aliphatic carbocycles. The van der Waals surface area contributed by atoms with Crippen LogP contribution in [0.15, 0.2) is 6.33 Å². The number of rotatable bonds is 1. The predicted octanol–water partition coefficient (Wildman–Crippen LogP) is 1.81. The number of hydrogen-bond acceptors (Lipinski definition) is 5. The topological polar surface area (TPSA) is 49.3 Å². The van der Waals surface area contributed by atoms with Gasteiger partial charge in [0.05, 0.1) is 12.1 Å². The highest BCUT2D eigenvalue weighted by molar-refractivity contribution is 7.19. The highest BCUT2D eigenvalue weighted by atomic mass is 32.1. The lowest BCUT2D eigenvalue weighted by molar-refractivity contribution is -0.125. The van der Waals surface area contributed by atoms with Crippen molar-refractivity contribution in [2.45, 2.75) is 25.7 Å². The summed E-state index contributed by atoms with van der Waals surface area (Å²) in [7, 11) is 1.84. The number of aryl methyl sites for hydroxylation is 2. The van der Waals surface area contributed by atoms with Crippen LogP contribution >= 0.6 is 11.3 Å². The van der Waals surface area contributed by atoms with Gasteiger partial charge in [0.2, 0.25) is 5.91 Å². The Morgan fingerprint density at radius 1 is 1.25 bits per heavy atom. The summed E-state index contributed by atoms with van der Waals surface area (Å²) in [5, 5.41) is 1.19. The zero-order valence-electron chi connectivity index (χ0n) is 11.4. The van der Waals surface area contributed by atoms with Gasteiger partial charge in [0, 0.05) is 11.9 Å². The van der Waals surface area contributed by atoms with Crippen molar-refractivity contribution >= 4 is 33.3 Å². The molecule has 0 bridgehead atoms. The monoisotopic (exact) mass is 288 g/mol. The molecule has 1 amide bonds. The molecule has 4 rings (SSSR count). The van der Waals surface area contributed by atoms with E-state index in [1.54, 1.807) is 22.6 Å². The molecule has 2 aromatic heterocycles. The van der Waals surface area contributed by atoms with Crippen LogP contribution in [0.2, 0.25) is 0 Å². The van der Waals surface area contributed by atoms with Crippen molar-refractivity contribution in [1.82, 2.24) is 14.9 Å². The van der Waals surface area contributed by atoms with E-state index < -0.39 is 0 Å². The zero-order valence-corrected chi connectivity index (χ0v) is 12.2. The summed E-state index contributed by atoms with van der Waals surface area (Å²) < 4.78 is 0. The van der Waals surface area contributed by atoms with Crippen molar-refractivity contribution in [2.24, 2.45) is 0 Å². The van der Waals surface area contributed by atoms with E-state index in [1.807, 2.05) is 7.05 Å². The number of anilines is 1. The van der Waals surface area contributed by atoms with Gasteiger partial charge in [0.15, 0.2) is 0 Å². The van der Waals surface area contributed by atoms with E-state index in [9.17, 15) is 4.79 Å². The molecule has 0 atom stereocenters. The molecule has 1 aliphatic heterocycles. The van der Waals surface area contributed by atoms with Crippen LogP contribution in [0, 0.1) is 0 Å². The smallest absolute Gasteiger partial charge is 0.243 e. The van der Waals surface area contributed by atoms with Crippen molar-refractivity contribution in [1.29, 1.82) is 0 Å². The minimum atomic E-state index is 0.154. The fourth-order valence-corrected chi connectivity index (χ4v) is 4.35. The number of likely N-dealkylation sites (N-methyl/N-ethyl adjacent to an activating group) is 1. The highest BCUT2D eigenvalue weighted by Gasteiger charge is 2.29. The molecule has 104 valence electrons. The Bertz CT molecular complexity index is 696. The van der Waals surface area contributed by atoms with Crippen molar-refractivity contribution in [2.75, 3.05) is 25.2 Å². The molecule has 2 aromatic rings. The molecular formula is C14H16N4OS. The first-order valence-electron chi connectivity index (χ1n) is 6.98. The second-order valence-corrected chi connectivity index (χ2v) is 6.60. The average molecular weight is 288 g/mol. The number of thiophene rings is 1. The third kappa shape index (κ3) is 1.71. The quantitative estimate of drug-likeness (QED) is 0.803. The molecule has 1 saturated heterocycles. The summed E-state index contributed by atoms with van der Waals surface area (Å²) in [6, 6.07) is 0. The van der Waals surface area contributed by atoms with Gasteiger partial charge in [-0.25, -0.2) is 9.97 Å². The molecule has 0 spiro atoms. The standard InChI is InChI=1S/C14H16N4OS/c1-17-8-18(6-11(17)19)13-12-9-4-2-3-5-10(9)20-14(12)16-7-15-13/h7H,2-6,8H2,1H3.